The van der Waals surface area contributed by atoms with Crippen LogP contribution in [0.5, 0.6) is 5.75 Å². The lowest BCUT2D eigenvalue weighted by molar-refractivity contribution is 0.300. The van der Waals surface area contributed by atoms with Gasteiger partial charge in [0.2, 0.25) is 10.0 Å². The molecule has 1 heterocycles. The second-order valence-corrected chi connectivity index (χ2v) is 8.25. The van der Waals surface area contributed by atoms with Crippen molar-refractivity contribution in [1.29, 1.82) is 0 Å². The highest BCUT2D eigenvalue weighted by Gasteiger charge is 2.20. The third kappa shape index (κ3) is 5.04. The number of nitrogens with one attached hydrogen (secondary N) is 1. The Morgan fingerprint density at radius 2 is 1.92 bits per heavy atom. The Hall–Kier alpha value is -1.41. The van der Waals surface area contributed by atoms with Crippen molar-refractivity contribution in [3.63, 3.8) is 0 Å². The monoisotopic (exact) mass is 368 g/mol. The smallest absolute Gasteiger partial charge is 0.240 e. The van der Waals surface area contributed by atoms with Crippen LogP contribution in [0.25, 0.3) is 0 Å². The minimum absolute atomic E-state index is 0.00168. The molecule has 5 nitrogen and oxygen atoms in total. The lowest BCUT2D eigenvalue weighted by Gasteiger charge is -2.24. The van der Waals surface area contributed by atoms with Gasteiger partial charge in [-0.3, -0.25) is 0 Å². The van der Waals surface area contributed by atoms with Crippen molar-refractivity contribution in [2.45, 2.75) is 24.3 Å². The highest BCUT2D eigenvalue weighted by atomic mass is 32.2. The van der Waals surface area contributed by atoms with E-state index >= 15 is 0 Å². The Balaban J connectivity index is 2.04. The van der Waals surface area contributed by atoms with Crippen molar-refractivity contribution in [2.75, 3.05) is 27.2 Å². The normalized spacial score (nSPS) is 13.2. The average Bonchev–Trinajstić information content (AvgIpc) is 3.07. The van der Waals surface area contributed by atoms with Gasteiger partial charge in [0.15, 0.2) is 0 Å². The fourth-order valence-electron chi connectivity index (χ4n) is 2.27. The minimum atomic E-state index is -3.55. The quantitative estimate of drug-likeness (QED) is 0.739. The number of benzene rings is 1. The van der Waals surface area contributed by atoms with E-state index < -0.39 is 10.0 Å². The number of sulfonamides is 1. The molecule has 0 aliphatic heterocycles. The van der Waals surface area contributed by atoms with Crippen molar-refractivity contribution in [2.24, 2.45) is 0 Å². The summed E-state index contributed by atoms with van der Waals surface area (Å²) in [7, 11) is 0.336. The van der Waals surface area contributed by atoms with Gasteiger partial charge in [0.05, 0.1) is 11.5 Å². The topological polar surface area (TPSA) is 58.6 Å². The molecule has 7 heteroatoms. The summed E-state index contributed by atoms with van der Waals surface area (Å²) in [6.07, 6.45) is 0.913. The number of rotatable bonds is 9. The highest BCUT2D eigenvalue weighted by molar-refractivity contribution is 7.89. The molecular formula is C17H24N2O3S2. The molecule has 0 fully saturated rings. The van der Waals surface area contributed by atoms with Gasteiger partial charge < -0.3 is 9.64 Å². The number of nitrogens with zero attached hydrogens (tertiary/aromatic N) is 1. The first-order chi connectivity index (χ1) is 11.4. The van der Waals surface area contributed by atoms with E-state index in [-0.39, 0.29) is 10.9 Å². The van der Waals surface area contributed by atoms with Crippen LogP contribution in [0.2, 0.25) is 0 Å². The first-order valence-corrected chi connectivity index (χ1v) is 10.3. The summed E-state index contributed by atoms with van der Waals surface area (Å²) in [5.41, 5.74) is 1.11. The minimum Gasteiger partial charge on any atom is -0.494 e. The molecule has 1 aromatic carbocycles. The largest absolute Gasteiger partial charge is 0.494 e. The van der Waals surface area contributed by atoms with Crippen LogP contribution in [0.3, 0.4) is 0 Å². The molecule has 1 unspecified atom stereocenters. The number of hydrogen-bond acceptors (Lipinski definition) is 5. The average molecular weight is 369 g/mol. The lowest BCUT2D eigenvalue weighted by atomic mass is 10.1. The van der Waals surface area contributed by atoms with Crippen molar-refractivity contribution >= 4 is 21.4 Å². The van der Waals surface area contributed by atoms with E-state index in [1.807, 2.05) is 42.7 Å². The van der Waals surface area contributed by atoms with Crippen molar-refractivity contribution in [3.8, 4) is 5.75 Å². The van der Waals surface area contributed by atoms with E-state index in [2.05, 4.69) is 4.72 Å². The molecular weight excluding hydrogens is 344 g/mol. The van der Waals surface area contributed by atoms with E-state index in [4.69, 9.17) is 4.74 Å². The Bertz CT molecular complexity index is 711. The van der Waals surface area contributed by atoms with Gasteiger partial charge in [-0.1, -0.05) is 6.92 Å². The molecule has 1 N–H and O–H groups in total. The second kappa shape index (κ2) is 8.62. The summed E-state index contributed by atoms with van der Waals surface area (Å²) in [5, 5.41) is 4.04. The van der Waals surface area contributed by atoms with E-state index in [1.54, 1.807) is 35.6 Å². The summed E-state index contributed by atoms with van der Waals surface area (Å²) in [4.78, 5) is 2.25. The Kier molecular flexibility index (Phi) is 6.79. The molecule has 1 aromatic heterocycles. The van der Waals surface area contributed by atoms with Gasteiger partial charge in [-0.2, -0.15) is 11.3 Å². The van der Waals surface area contributed by atoms with Crippen LogP contribution in [0.15, 0.2) is 46.0 Å². The first kappa shape index (κ1) is 18.9. The third-order valence-electron chi connectivity index (χ3n) is 3.62. The fraction of sp³-hybridized carbons (Fsp3) is 0.412. The van der Waals surface area contributed by atoms with Gasteiger partial charge >= 0.3 is 0 Å². The maximum absolute atomic E-state index is 12.5. The van der Waals surface area contributed by atoms with E-state index in [0.29, 0.717) is 18.9 Å². The van der Waals surface area contributed by atoms with Crippen molar-refractivity contribution in [3.05, 3.63) is 46.7 Å². The third-order valence-corrected chi connectivity index (χ3v) is 5.77. The first-order valence-electron chi connectivity index (χ1n) is 7.85. The highest BCUT2D eigenvalue weighted by Crippen LogP contribution is 2.21. The summed E-state index contributed by atoms with van der Waals surface area (Å²) >= 11 is 1.61. The van der Waals surface area contributed by atoms with Crippen molar-refractivity contribution < 1.29 is 13.2 Å². The standard InChI is InChI=1S/C17H24N2O3S2/c1-4-10-22-15-5-7-16(8-6-15)24(20,21)18-12-17(19(2)3)14-9-11-23-13-14/h5-9,11,13,17-18H,4,10,12H2,1-3H3. The molecule has 0 spiro atoms. The van der Waals surface area contributed by atoms with Crippen LogP contribution in [-0.4, -0.2) is 40.6 Å². The van der Waals surface area contributed by atoms with Crippen LogP contribution >= 0.6 is 11.3 Å². The van der Waals surface area contributed by atoms with E-state index in [9.17, 15) is 8.42 Å². The molecule has 0 aliphatic carbocycles. The molecule has 1 atom stereocenters. The zero-order valence-electron chi connectivity index (χ0n) is 14.2. The Morgan fingerprint density at radius 1 is 1.21 bits per heavy atom. The summed E-state index contributed by atoms with van der Waals surface area (Å²) in [5.74, 6) is 0.681. The van der Waals surface area contributed by atoms with Gasteiger partial charge in [-0.25, -0.2) is 13.1 Å². The number of thiophene rings is 1. The van der Waals surface area contributed by atoms with E-state index in [0.717, 1.165) is 12.0 Å². The second-order valence-electron chi connectivity index (χ2n) is 5.71. The fourth-order valence-corrected chi connectivity index (χ4v) is 4.02. The van der Waals surface area contributed by atoms with Gasteiger partial charge in [-0.15, -0.1) is 0 Å². The maximum atomic E-state index is 12.5. The predicted octanol–water partition coefficient (Wildman–Crippen LogP) is 3.12. The molecule has 2 aromatic rings. The van der Waals surface area contributed by atoms with Gasteiger partial charge in [-0.05, 0) is 67.2 Å². The summed E-state index contributed by atoms with van der Waals surface area (Å²) in [6.45, 7) is 2.97. The van der Waals surface area contributed by atoms with Crippen LogP contribution in [-0.2, 0) is 10.0 Å². The summed E-state index contributed by atoms with van der Waals surface area (Å²) in [6, 6.07) is 8.53. The molecule has 2 rings (SSSR count). The van der Waals surface area contributed by atoms with Crippen molar-refractivity contribution in [1.82, 2.24) is 9.62 Å². The molecule has 0 radical (unpaired) electrons. The molecule has 132 valence electrons. The molecule has 24 heavy (non-hydrogen) atoms. The molecule has 0 aliphatic rings. The lowest BCUT2D eigenvalue weighted by Crippen LogP contribution is -2.34. The van der Waals surface area contributed by atoms with Crippen LogP contribution < -0.4 is 9.46 Å². The molecule has 0 amide bonds. The van der Waals surface area contributed by atoms with Gasteiger partial charge in [0, 0.05) is 12.6 Å². The Labute approximate surface area is 148 Å². The molecule has 0 saturated heterocycles. The van der Waals surface area contributed by atoms with E-state index in [1.165, 1.54) is 0 Å². The van der Waals surface area contributed by atoms with Crippen LogP contribution in [0.1, 0.15) is 24.9 Å². The number of hydrogen-bond donors (Lipinski definition) is 1. The number of ether oxygens (including phenoxy) is 1. The predicted molar refractivity (Wildman–Crippen MR) is 98.2 cm³/mol. The van der Waals surface area contributed by atoms with Crippen LogP contribution in [0, 0.1) is 0 Å². The molecule has 0 bridgehead atoms. The maximum Gasteiger partial charge on any atom is 0.240 e. The molecule has 0 saturated carbocycles. The van der Waals surface area contributed by atoms with Gasteiger partial charge in [0.1, 0.15) is 5.75 Å². The summed E-state index contributed by atoms with van der Waals surface area (Å²) < 4.78 is 33.2. The number of likely N-dealkylation sites (N-methyl/N-ethyl adjacent to an activating group) is 1. The van der Waals surface area contributed by atoms with Gasteiger partial charge in [0.25, 0.3) is 0 Å². The Morgan fingerprint density at radius 3 is 2.46 bits per heavy atom. The zero-order valence-corrected chi connectivity index (χ0v) is 15.9. The van der Waals surface area contributed by atoms with Crippen LogP contribution in [0.4, 0.5) is 0 Å². The zero-order chi connectivity index (χ0) is 17.6. The SMILES string of the molecule is CCCOc1ccc(S(=O)(=O)NCC(c2ccsc2)N(C)C)cc1.